The molecule has 0 aromatic heterocycles. The number of aryl methyl sites for hydroxylation is 1. The van der Waals surface area contributed by atoms with Crippen LogP contribution in [0.2, 0.25) is 0 Å². The van der Waals surface area contributed by atoms with E-state index < -0.39 is 10.1 Å². The molecule has 4 rings (SSSR count). The Hall–Kier alpha value is -0.870. The largest absolute Gasteiger partial charge is 0.297 e. The smallest absolute Gasteiger partial charge is 0.262 e. The van der Waals surface area contributed by atoms with Crippen molar-refractivity contribution in [3.05, 3.63) is 29.8 Å². The molecule has 3 aliphatic rings. The van der Waals surface area contributed by atoms with Gasteiger partial charge in [0.1, 0.15) is 0 Å². The minimum absolute atomic E-state index is 0.0729. The molecular weight excluding hydrogens is 284 g/mol. The summed E-state index contributed by atoms with van der Waals surface area (Å²) < 4.78 is 31.0. The molecule has 4 heteroatoms. The van der Waals surface area contributed by atoms with Gasteiger partial charge in [0.2, 0.25) is 0 Å². The van der Waals surface area contributed by atoms with Gasteiger partial charge in [-0.15, -0.1) is 0 Å². The fourth-order valence-electron chi connectivity index (χ4n) is 4.86. The topological polar surface area (TPSA) is 43.4 Å². The third kappa shape index (κ3) is 1.99. The fourth-order valence-corrected chi connectivity index (χ4v) is 6.07. The first-order valence-corrected chi connectivity index (χ1v) is 9.42. The third-order valence-electron chi connectivity index (χ3n) is 6.11. The molecule has 21 heavy (non-hydrogen) atoms. The Morgan fingerprint density at radius 1 is 1.14 bits per heavy atom. The molecule has 0 N–H and O–H groups in total. The maximum atomic E-state index is 12.6. The van der Waals surface area contributed by atoms with Gasteiger partial charge in [-0.25, -0.2) is 0 Å². The fraction of sp³-hybridized carbons (Fsp3) is 0.647. The van der Waals surface area contributed by atoms with Crippen molar-refractivity contribution in [3.63, 3.8) is 0 Å². The summed E-state index contributed by atoms with van der Waals surface area (Å²) in [6.45, 7) is 1.95. The first-order valence-electron chi connectivity index (χ1n) is 8.01. The van der Waals surface area contributed by atoms with Gasteiger partial charge in [-0.1, -0.05) is 24.1 Å². The predicted octanol–water partition coefficient (Wildman–Crippen LogP) is 3.67. The van der Waals surface area contributed by atoms with E-state index in [-0.39, 0.29) is 11.5 Å². The first-order chi connectivity index (χ1) is 10.0. The molecule has 3 aliphatic carbocycles. The van der Waals surface area contributed by atoms with E-state index in [2.05, 4.69) is 0 Å². The zero-order valence-electron chi connectivity index (χ0n) is 12.4. The van der Waals surface area contributed by atoms with E-state index in [0.717, 1.165) is 24.8 Å². The van der Waals surface area contributed by atoms with Gasteiger partial charge in [0.05, 0.1) is 11.0 Å². The van der Waals surface area contributed by atoms with E-state index in [1.54, 1.807) is 12.1 Å². The molecule has 3 nitrogen and oxygen atoms in total. The Morgan fingerprint density at radius 3 is 2.48 bits per heavy atom. The van der Waals surface area contributed by atoms with Crippen molar-refractivity contribution in [2.45, 2.75) is 56.4 Å². The van der Waals surface area contributed by atoms with Crippen molar-refractivity contribution in [2.24, 2.45) is 17.3 Å². The number of hydrogen-bond acceptors (Lipinski definition) is 3. The number of benzene rings is 1. The van der Waals surface area contributed by atoms with E-state index in [4.69, 9.17) is 4.18 Å². The second-order valence-corrected chi connectivity index (χ2v) is 8.71. The van der Waals surface area contributed by atoms with Crippen LogP contribution in [0.3, 0.4) is 0 Å². The Bertz CT molecular complexity index is 643. The summed E-state index contributed by atoms with van der Waals surface area (Å²) in [7, 11) is -3.63. The Labute approximate surface area is 126 Å². The van der Waals surface area contributed by atoms with E-state index in [1.807, 2.05) is 19.1 Å². The highest BCUT2D eigenvalue weighted by Crippen LogP contribution is 2.65. The van der Waals surface area contributed by atoms with E-state index in [9.17, 15) is 8.42 Å². The van der Waals surface area contributed by atoms with Crippen LogP contribution in [0.4, 0.5) is 0 Å². The average molecular weight is 306 g/mol. The van der Waals surface area contributed by atoms with Gasteiger partial charge < -0.3 is 0 Å². The predicted molar refractivity (Wildman–Crippen MR) is 80.4 cm³/mol. The van der Waals surface area contributed by atoms with Crippen molar-refractivity contribution in [1.82, 2.24) is 0 Å². The molecule has 1 aromatic carbocycles. The molecule has 114 valence electrons. The summed E-state index contributed by atoms with van der Waals surface area (Å²) in [4.78, 5) is 0.297. The molecular formula is C17H22O3S. The van der Waals surface area contributed by atoms with E-state index in [0.29, 0.717) is 16.7 Å². The lowest BCUT2D eigenvalue weighted by Gasteiger charge is -2.49. The molecule has 1 aromatic rings. The molecule has 0 aliphatic heterocycles. The van der Waals surface area contributed by atoms with Crippen molar-refractivity contribution in [2.75, 3.05) is 0 Å². The molecule has 3 saturated carbocycles. The van der Waals surface area contributed by atoms with Crippen LogP contribution in [0.1, 0.15) is 44.1 Å². The molecule has 1 spiro atoms. The Morgan fingerprint density at radius 2 is 1.86 bits per heavy atom. The SMILES string of the molecule is Cc1ccc(S(=O)(=O)O[C@H]2[C@@H]3CC[C@@H](C3)C23CCC3)cc1. The lowest BCUT2D eigenvalue weighted by molar-refractivity contribution is -0.0558. The van der Waals surface area contributed by atoms with Crippen LogP contribution in [0.25, 0.3) is 0 Å². The molecule has 0 heterocycles. The standard InChI is InChI=1S/C17H22O3S/c1-12-3-7-15(8-4-12)21(18,19)20-16-13-5-6-14(11-13)17(16)9-2-10-17/h3-4,7-8,13-14,16H,2,5-6,9-11H2,1H3/t13-,14+,16+/m1/s1. The highest BCUT2D eigenvalue weighted by molar-refractivity contribution is 7.86. The number of hydrogen-bond donors (Lipinski definition) is 0. The van der Waals surface area contributed by atoms with Crippen LogP contribution in [-0.2, 0) is 14.3 Å². The molecule has 0 radical (unpaired) electrons. The lowest BCUT2D eigenvalue weighted by Crippen LogP contribution is -2.47. The second kappa shape index (κ2) is 4.56. The Balaban J connectivity index is 1.61. The molecule has 0 amide bonds. The molecule has 3 fully saturated rings. The van der Waals surface area contributed by atoms with E-state index in [1.165, 1.54) is 19.3 Å². The lowest BCUT2D eigenvalue weighted by atomic mass is 9.58. The highest BCUT2D eigenvalue weighted by atomic mass is 32.2. The minimum Gasteiger partial charge on any atom is -0.262 e. The van der Waals surface area contributed by atoms with Gasteiger partial charge in [-0.05, 0) is 63.0 Å². The molecule has 0 unspecified atom stereocenters. The summed E-state index contributed by atoms with van der Waals surface area (Å²) in [6.07, 6.45) is 7.05. The second-order valence-electron chi connectivity index (χ2n) is 7.14. The molecule has 3 atom stereocenters. The van der Waals surface area contributed by atoms with Crippen LogP contribution in [0.5, 0.6) is 0 Å². The highest BCUT2D eigenvalue weighted by Gasteiger charge is 2.62. The zero-order chi connectivity index (χ0) is 14.7. The van der Waals surface area contributed by atoms with Crippen LogP contribution in [0.15, 0.2) is 29.2 Å². The minimum atomic E-state index is -3.63. The van der Waals surface area contributed by atoms with Crippen molar-refractivity contribution < 1.29 is 12.6 Å². The van der Waals surface area contributed by atoms with Crippen LogP contribution >= 0.6 is 0 Å². The van der Waals surface area contributed by atoms with Gasteiger partial charge in [-0.2, -0.15) is 8.42 Å². The maximum absolute atomic E-state index is 12.6. The molecule has 2 bridgehead atoms. The van der Waals surface area contributed by atoms with Gasteiger partial charge in [0, 0.05) is 5.41 Å². The van der Waals surface area contributed by atoms with Crippen LogP contribution in [-0.4, -0.2) is 14.5 Å². The summed E-state index contributed by atoms with van der Waals surface area (Å²) in [6, 6.07) is 6.98. The number of rotatable bonds is 3. The third-order valence-corrected chi connectivity index (χ3v) is 7.42. The van der Waals surface area contributed by atoms with Gasteiger partial charge in [-0.3, -0.25) is 4.18 Å². The number of fused-ring (bicyclic) bond motifs is 3. The van der Waals surface area contributed by atoms with Crippen LogP contribution in [0, 0.1) is 24.2 Å². The average Bonchev–Trinajstić information content (AvgIpc) is 2.97. The van der Waals surface area contributed by atoms with Crippen LogP contribution < -0.4 is 0 Å². The normalized spacial score (nSPS) is 33.3. The van der Waals surface area contributed by atoms with Crippen molar-refractivity contribution >= 4 is 10.1 Å². The quantitative estimate of drug-likeness (QED) is 0.800. The zero-order valence-corrected chi connectivity index (χ0v) is 13.2. The van der Waals surface area contributed by atoms with Crippen molar-refractivity contribution in [3.8, 4) is 0 Å². The van der Waals surface area contributed by atoms with Gasteiger partial charge >= 0.3 is 0 Å². The summed E-state index contributed by atoms with van der Waals surface area (Å²) in [5, 5.41) is 0. The molecule has 0 saturated heterocycles. The summed E-state index contributed by atoms with van der Waals surface area (Å²) >= 11 is 0. The summed E-state index contributed by atoms with van der Waals surface area (Å²) in [5.41, 5.74) is 1.24. The summed E-state index contributed by atoms with van der Waals surface area (Å²) in [5.74, 6) is 1.16. The first kappa shape index (κ1) is 13.8. The maximum Gasteiger partial charge on any atom is 0.297 e. The van der Waals surface area contributed by atoms with Gasteiger partial charge in [0.15, 0.2) is 0 Å². The van der Waals surface area contributed by atoms with Gasteiger partial charge in [0.25, 0.3) is 10.1 Å². The van der Waals surface area contributed by atoms with E-state index >= 15 is 0 Å². The van der Waals surface area contributed by atoms with Crippen molar-refractivity contribution in [1.29, 1.82) is 0 Å². The Kier molecular flexibility index (Phi) is 2.99. The monoisotopic (exact) mass is 306 g/mol.